The summed E-state index contributed by atoms with van der Waals surface area (Å²) < 4.78 is 33.2. The lowest BCUT2D eigenvalue weighted by molar-refractivity contribution is -0.154. The topological polar surface area (TPSA) is 117 Å². The first-order valence-electron chi connectivity index (χ1n) is 20.7. The molecule has 0 aromatic rings. The molecule has 0 radical (unpaired) electrons. The molecule has 0 fully saturated rings. The van der Waals surface area contributed by atoms with E-state index in [0.717, 1.165) is 32.1 Å². The fraction of sp³-hybridized carbons (Fsp3) is 0.925. The van der Waals surface area contributed by atoms with Gasteiger partial charge in [0, 0.05) is 19.6 Å². The van der Waals surface area contributed by atoms with Crippen molar-refractivity contribution < 1.29 is 32.8 Å². The number of rotatable bonds is 40. The van der Waals surface area contributed by atoms with E-state index in [9.17, 15) is 14.3 Å². The van der Waals surface area contributed by atoms with Gasteiger partial charge in [0.25, 0.3) is 0 Å². The molecule has 0 rings (SSSR count). The third-order valence-electron chi connectivity index (χ3n) is 8.93. The number of phosphoric acid groups is 1. The Kier molecular flexibility index (Phi) is 37.9. The number of carbonyl (C=O) groups is 1. The van der Waals surface area contributed by atoms with Crippen LogP contribution in [0.2, 0.25) is 0 Å². The zero-order valence-corrected chi connectivity index (χ0v) is 33.1. The summed E-state index contributed by atoms with van der Waals surface area (Å²) in [5, 5.41) is 0. The molecule has 0 aliphatic heterocycles. The Morgan fingerprint density at radius 2 is 1.02 bits per heavy atom. The number of allylic oxidation sites excluding steroid dienone is 2. The molecule has 0 aromatic carbocycles. The summed E-state index contributed by atoms with van der Waals surface area (Å²) in [6.45, 7) is 4.88. The van der Waals surface area contributed by atoms with Crippen LogP contribution in [0.4, 0.5) is 0 Å². The van der Waals surface area contributed by atoms with E-state index in [2.05, 4.69) is 26.0 Å². The molecule has 8 nitrogen and oxygen atoms in total. The van der Waals surface area contributed by atoms with Crippen LogP contribution in [0.3, 0.4) is 0 Å². The monoisotopic (exact) mass is 718 g/mol. The summed E-state index contributed by atoms with van der Waals surface area (Å²) in [5.41, 5.74) is 5.34. The van der Waals surface area contributed by atoms with Crippen molar-refractivity contribution in [2.45, 2.75) is 206 Å². The first kappa shape index (κ1) is 48.2. The molecule has 2 atom stereocenters. The Bertz CT molecular complexity index is 767. The molecule has 49 heavy (non-hydrogen) atoms. The Hall–Kier alpha value is -0.760. The molecule has 3 N–H and O–H groups in total. The summed E-state index contributed by atoms with van der Waals surface area (Å²) >= 11 is 0. The Labute approximate surface area is 303 Å². The lowest BCUT2D eigenvalue weighted by Crippen LogP contribution is -2.28. The van der Waals surface area contributed by atoms with Crippen LogP contribution in [0.15, 0.2) is 12.2 Å². The van der Waals surface area contributed by atoms with E-state index in [1.165, 1.54) is 148 Å². The standard InChI is InChI=1S/C40H80NO7P/c1-3-5-7-9-11-12-13-14-15-16-17-18-19-20-21-22-23-24-25-26-27-28-30-32-35-45-37-39(38-47-49(43,44)46-36-34-41)48-40(42)33-31-29-10-8-6-4-2/h16-17,39H,3-15,18-38,41H2,1-2H3,(H,43,44)/b17-16-. The summed E-state index contributed by atoms with van der Waals surface area (Å²) in [6, 6.07) is 0. The molecule has 2 unspecified atom stereocenters. The van der Waals surface area contributed by atoms with Gasteiger partial charge in [-0.2, -0.15) is 0 Å². The van der Waals surface area contributed by atoms with E-state index in [0.29, 0.717) is 13.0 Å². The molecule has 0 spiro atoms. The maximum absolute atomic E-state index is 12.4. The largest absolute Gasteiger partial charge is 0.472 e. The summed E-state index contributed by atoms with van der Waals surface area (Å²) in [7, 11) is -4.26. The van der Waals surface area contributed by atoms with Gasteiger partial charge in [-0.25, -0.2) is 4.57 Å². The third-order valence-corrected chi connectivity index (χ3v) is 9.92. The smallest absolute Gasteiger partial charge is 0.457 e. The second kappa shape index (κ2) is 38.5. The van der Waals surface area contributed by atoms with Crippen molar-refractivity contribution in [3.63, 3.8) is 0 Å². The fourth-order valence-electron chi connectivity index (χ4n) is 5.87. The number of esters is 1. The first-order valence-corrected chi connectivity index (χ1v) is 22.2. The molecule has 0 heterocycles. The number of hydrogen-bond donors (Lipinski definition) is 2. The average molecular weight is 718 g/mol. The van der Waals surface area contributed by atoms with Gasteiger partial charge in [-0.3, -0.25) is 13.8 Å². The van der Waals surface area contributed by atoms with Crippen LogP contribution < -0.4 is 5.73 Å². The lowest BCUT2D eigenvalue weighted by Gasteiger charge is -2.20. The van der Waals surface area contributed by atoms with Gasteiger partial charge in [-0.15, -0.1) is 0 Å². The predicted molar refractivity (Wildman–Crippen MR) is 206 cm³/mol. The highest BCUT2D eigenvalue weighted by Gasteiger charge is 2.25. The van der Waals surface area contributed by atoms with Crippen molar-refractivity contribution in [1.29, 1.82) is 0 Å². The van der Waals surface area contributed by atoms with Gasteiger partial charge in [0.2, 0.25) is 0 Å². The van der Waals surface area contributed by atoms with Gasteiger partial charge >= 0.3 is 13.8 Å². The van der Waals surface area contributed by atoms with E-state index in [-0.39, 0.29) is 32.3 Å². The van der Waals surface area contributed by atoms with Crippen LogP contribution in [0.25, 0.3) is 0 Å². The average Bonchev–Trinajstić information content (AvgIpc) is 3.09. The third kappa shape index (κ3) is 38.3. The van der Waals surface area contributed by atoms with Crippen molar-refractivity contribution in [2.24, 2.45) is 5.73 Å². The summed E-state index contributed by atoms with van der Waals surface area (Å²) in [4.78, 5) is 22.2. The highest BCUT2D eigenvalue weighted by Crippen LogP contribution is 2.43. The van der Waals surface area contributed by atoms with E-state index in [1.54, 1.807) is 0 Å². The van der Waals surface area contributed by atoms with Crippen LogP contribution in [0.5, 0.6) is 0 Å². The highest BCUT2D eigenvalue weighted by atomic mass is 31.2. The first-order chi connectivity index (χ1) is 23.9. The number of ether oxygens (including phenoxy) is 2. The Morgan fingerprint density at radius 3 is 1.49 bits per heavy atom. The van der Waals surface area contributed by atoms with Gasteiger partial charge in [0.05, 0.1) is 19.8 Å². The maximum atomic E-state index is 12.4. The van der Waals surface area contributed by atoms with Crippen LogP contribution in [0.1, 0.15) is 200 Å². The SMILES string of the molecule is CCCCCCCCCC/C=C\CCCCCCCCCCCCCCOCC(COP(=O)(O)OCCN)OC(=O)CCCCCCCC. The molecule has 0 saturated carbocycles. The van der Waals surface area contributed by atoms with Crippen LogP contribution in [-0.2, 0) is 27.9 Å². The quantitative estimate of drug-likeness (QED) is 0.0278. The van der Waals surface area contributed by atoms with E-state index >= 15 is 0 Å². The van der Waals surface area contributed by atoms with Crippen LogP contribution in [-0.4, -0.2) is 49.9 Å². The van der Waals surface area contributed by atoms with E-state index in [4.69, 9.17) is 24.3 Å². The fourth-order valence-corrected chi connectivity index (χ4v) is 6.64. The molecule has 0 saturated heterocycles. The van der Waals surface area contributed by atoms with Gasteiger partial charge < -0.3 is 20.1 Å². The molecule has 0 aromatic heterocycles. The molecular formula is C40H80NO7P. The second-order valence-electron chi connectivity index (χ2n) is 13.9. The molecule has 0 aliphatic rings. The molecule has 0 aliphatic carbocycles. The molecule has 292 valence electrons. The van der Waals surface area contributed by atoms with Crippen molar-refractivity contribution in [1.82, 2.24) is 0 Å². The number of unbranched alkanes of at least 4 members (excludes halogenated alkanes) is 25. The van der Waals surface area contributed by atoms with E-state index in [1.807, 2.05) is 0 Å². The van der Waals surface area contributed by atoms with Gasteiger partial charge in [-0.05, 0) is 38.5 Å². The van der Waals surface area contributed by atoms with Crippen molar-refractivity contribution in [3.05, 3.63) is 12.2 Å². The minimum absolute atomic E-state index is 0.0928. The van der Waals surface area contributed by atoms with Gasteiger partial charge in [-0.1, -0.05) is 167 Å². The zero-order chi connectivity index (χ0) is 35.9. The second-order valence-corrected chi connectivity index (χ2v) is 15.3. The van der Waals surface area contributed by atoms with Crippen molar-refractivity contribution in [2.75, 3.05) is 33.0 Å². The number of carbonyl (C=O) groups excluding carboxylic acids is 1. The Morgan fingerprint density at radius 1 is 0.592 bits per heavy atom. The molecule has 0 amide bonds. The molecule has 9 heteroatoms. The normalized spacial score (nSPS) is 13.6. The number of hydrogen-bond acceptors (Lipinski definition) is 7. The number of phosphoric ester groups is 1. The summed E-state index contributed by atoms with van der Waals surface area (Å²) in [6.07, 6.45) is 39.8. The minimum atomic E-state index is -4.26. The number of nitrogens with two attached hydrogens (primary N) is 1. The summed E-state index contributed by atoms with van der Waals surface area (Å²) in [5.74, 6) is -0.337. The van der Waals surface area contributed by atoms with Gasteiger partial charge in [0.15, 0.2) is 0 Å². The lowest BCUT2D eigenvalue weighted by atomic mass is 10.0. The maximum Gasteiger partial charge on any atom is 0.472 e. The minimum Gasteiger partial charge on any atom is -0.457 e. The van der Waals surface area contributed by atoms with Crippen LogP contribution in [0, 0.1) is 0 Å². The van der Waals surface area contributed by atoms with E-state index < -0.39 is 13.9 Å². The predicted octanol–water partition coefficient (Wildman–Crippen LogP) is 11.9. The highest BCUT2D eigenvalue weighted by molar-refractivity contribution is 7.47. The van der Waals surface area contributed by atoms with Crippen molar-refractivity contribution in [3.8, 4) is 0 Å². The van der Waals surface area contributed by atoms with Gasteiger partial charge in [0.1, 0.15) is 6.10 Å². The van der Waals surface area contributed by atoms with Crippen LogP contribution >= 0.6 is 7.82 Å². The Balaban J connectivity index is 3.77. The van der Waals surface area contributed by atoms with Crippen molar-refractivity contribution >= 4 is 13.8 Å². The molecular weight excluding hydrogens is 637 g/mol. The zero-order valence-electron chi connectivity index (χ0n) is 32.2. The molecule has 0 bridgehead atoms.